The minimum absolute atomic E-state index is 0.0512. The Morgan fingerprint density at radius 2 is 2.00 bits per heavy atom. The van der Waals surface area contributed by atoms with Gasteiger partial charge in [0.1, 0.15) is 0 Å². The summed E-state index contributed by atoms with van der Waals surface area (Å²) in [6.45, 7) is 5.47. The van der Waals surface area contributed by atoms with Gasteiger partial charge in [-0.2, -0.15) is 4.99 Å². The number of aryl methyl sites for hydroxylation is 2. The predicted octanol–water partition coefficient (Wildman–Crippen LogP) is 1.92. The van der Waals surface area contributed by atoms with Crippen LogP contribution in [0.1, 0.15) is 18.1 Å². The lowest BCUT2D eigenvalue weighted by Gasteiger charge is -2.25. The fraction of sp³-hybridized carbons (Fsp3) is 0.467. The standard InChI is InChI=1S/C15H18N2O3S2/c1-9-4-5-12(6-10(9)2)17-13-7-22(19,20)8-14(13)21-15(17)16-11(3)18/h4-6,13-14H,7-8H2,1-3H3/t13-,14-/m0/s1. The highest BCUT2D eigenvalue weighted by atomic mass is 32.2. The first-order chi connectivity index (χ1) is 10.3. The van der Waals surface area contributed by atoms with Gasteiger partial charge in [-0.15, -0.1) is 0 Å². The van der Waals surface area contributed by atoms with E-state index in [4.69, 9.17) is 0 Å². The number of hydrogen-bond acceptors (Lipinski definition) is 4. The number of hydrogen-bond donors (Lipinski definition) is 0. The Morgan fingerprint density at radius 3 is 2.64 bits per heavy atom. The average molecular weight is 338 g/mol. The second kappa shape index (κ2) is 5.38. The van der Waals surface area contributed by atoms with E-state index in [1.165, 1.54) is 24.2 Å². The molecular weight excluding hydrogens is 320 g/mol. The van der Waals surface area contributed by atoms with Gasteiger partial charge in [-0.05, 0) is 37.1 Å². The molecule has 1 aromatic carbocycles. The van der Waals surface area contributed by atoms with E-state index >= 15 is 0 Å². The molecule has 0 bridgehead atoms. The van der Waals surface area contributed by atoms with Gasteiger partial charge in [-0.25, -0.2) is 8.42 Å². The predicted molar refractivity (Wildman–Crippen MR) is 90.3 cm³/mol. The second-order valence-electron chi connectivity index (χ2n) is 5.85. The third kappa shape index (κ3) is 2.79. The lowest BCUT2D eigenvalue weighted by atomic mass is 10.1. The summed E-state index contributed by atoms with van der Waals surface area (Å²) in [6, 6.07) is 5.86. The fourth-order valence-corrected chi connectivity index (χ4v) is 6.83. The summed E-state index contributed by atoms with van der Waals surface area (Å²) < 4.78 is 23.8. The zero-order valence-electron chi connectivity index (χ0n) is 12.7. The molecule has 2 heterocycles. The molecule has 2 fully saturated rings. The summed E-state index contributed by atoms with van der Waals surface area (Å²) in [5.74, 6) is 0.00827. The lowest BCUT2D eigenvalue weighted by Crippen LogP contribution is -2.37. The van der Waals surface area contributed by atoms with Crippen LogP contribution in [0.3, 0.4) is 0 Å². The highest BCUT2D eigenvalue weighted by molar-refractivity contribution is 8.16. The van der Waals surface area contributed by atoms with Gasteiger partial charge in [0.15, 0.2) is 15.0 Å². The van der Waals surface area contributed by atoms with Crippen molar-refractivity contribution in [1.29, 1.82) is 0 Å². The van der Waals surface area contributed by atoms with Crippen molar-refractivity contribution in [2.24, 2.45) is 4.99 Å². The Hall–Kier alpha value is -1.34. The molecule has 7 heteroatoms. The third-order valence-corrected chi connectivity index (χ3v) is 7.30. The quantitative estimate of drug-likeness (QED) is 0.783. The number of sulfone groups is 1. The Balaban J connectivity index is 2.06. The monoisotopic (exact) mass is 338 g/mol. The van der Waals surface area contributed by atoms with Gasteiger partial charge in [0.2, 0.25) is 5.91 Å². The molecule has 1 aromatic rings. The van der Waals surface area contributed by atoms with E-state index in [2.05, 4.69) is 4.99 Å². The number of rotatable bonds is 1. The number of nitrogens with zero attached hydrogens (tertiary/aromatic N) is 2. The maximum atomic E-state index is 11.9. The molecule has 2 aliphatic rings. The Labute approximate surface area is 134 Å². The summed E-state index contributed by atoms with van der Waals surface area (Å²) in [7, 11) is -3.02. The molecule has 0 spiro atoms. The minimum Gasteiger partial charge on any atom is -0.316 e. The van der Waals surface area contributed by atoms with E-state index in [1.807, 2.05) is 36.9 Å². The molecule has 5 nitrogen and oxygen atoms in total. The van der Waals surface area contributed by atoms with E-state index in [0.717, 1.165) is 11.3 Å². The van der Waals surface area contributed by atoms with Crippen LogP contribution in [0.15, 0.2) is 23.2 Å². The molecule has 0 aliphatic carbocycles. The number of carbonyl (C=O) groups excluding carboxylic acids is 1. The van der Waals surface area contributed by atoms with Crippen molar-refractivity contribution in [3.63, 3.8) is 0 Å². The summed E-state index contributed by atoms with van der Waals surface area (Å²) in [6.07, 6.45) is 0. The van der Waals surface area contributed by atoms with Crippen molar-refractivity contribution in [3.05, 3.63) is 29.3 Å². The molecule has 2 aliphatic heterocycles. The topological polar surface area (TPSA) is 66.8 Å². The van der Waals surface area contributed by atoms with Crippen LogP contribution in [0.25, 0.3) is 0 Å². The molecule has 0 aromatic heterocycles. The highest BCUT2D eigenvalue weighted by Gasteiger charge is 2.49. The molecule has 0 N–H and O–H groups in total. The normalized spacial score (nSPS) is 28.1. The third-order valence-electron chi connectivity index (χ3n) is 4.09. The number of fused-ring (bicyclic) bond motifs is 1. The number of thioether (sulfide) groups is 1. The number of aliphatic imine (C=N–C) groups is 1. The molecule has 0 radical (unpaired) electrons. The van der Waals surface area contributed by atoms with Crippen molar-refractivity contribution in [2.45, 2.75) is 32.1 Å². The van der Waals surface area contributed by atoms with Gasteiger partial charge in [0.05, 0.1) is 17.5 Å². The van der Waals surface area contributed by atoms with Crippen molar-refractivity contribution < 1.29 is 13.2 Å². The maximum Gasteiger partial charge on any atom is 0.244 e. The summed E-state index contributed by atoms with van der Waals surface area (Å²) in [4.78, 5) is 17.4. The fourth-order valence-electron chi connectivity index (χ4n) is 2.88. The maximum absolute atomic E-state index is 11.9. The Morgan fingerprint density at radius 1 is 1.27 bits per heavy atom. The second-order valence-corrected chi connectivity index (χ2v) is 9.21. The average Bonchev–Trinajstić information content (AvgIpc) is 2.83. The number of amidine groups is 1. The first-order valence-electron chi connectivity index (χ1n) is 7.10. The van der Waals surface area contributed by atoms with Gasteiger partial charge in [0, 0.05) is 17.9 Å². The molecule has 2 saturated heterocycles. The van der Waals surface area contributed by atoms with Gasteiger partial charge in [-0.3, -0.25) is 4.79 Å². The van der Waals surface area contributed by atoms with Crippen LogP contribution in [-0.2, 0) is 14.6 Å². The van der Waals surface area contributed by atoms with E-state index < -0.39 is 9.84 Å². The van der Waals surface area contributed by atoms with Crippen LogP contribution in [-0.4, -0.2) is 42.3 Å². The van der Waals surface area contributed by atoms with Crippen molar-refractivity contribution in [1.82, 2.24) is 0 Å². The Bertz CT molecular complexity index is 771. The number of carbonyl (C=O) groups is 1. The van der Waals surface area contributed by atoms with Gasteiger partial charge < -0.3 is 4.90 Å². The van der Waals surface area contributed by atoms with Gasteiger partial charge >= 0.3 is 0 Å². The summed E-state index contributed by atoms with van der Waals surface area (Å²) in [5.41, 5.74) is 3.21. The van der Waals surface area contributed by atoms with Crippen LogP contribution < -0.4 is 4.90 Å². The number of benzene rings is 1. The van der Waals surface area contributed by atoms with Gasteiger partial charge in [0.25, 0.3) is 0 Å². The van der Waals surface area contributed by atoms with E-state index in [0.29, 0.717) is 5.17 Å². The van der Waals surface area contributed by atoms with Crippen molar-refractivity contribution in [3.8, 4) is 0 Å². The first-order valence-corrected chi connectivity index (χ1v) is 9.80. The molecule has 1 amide bonds. The van der Waals surface area contributed by atoms with Crippen LogP contribution in [0.5, 0.6) is 0 Å². The number of anilines is 1. The smallest absolute Gasteiger partial charge is 0.244 e. The van der Waals surface area contributed by atoms with E-state index in [9.17, 15) is 13.2 Å². The lowest BCUT2D eigenvalue weighted by molar-refractivity contribution is -0.115. The van der Waals surface area contributed by atoms with Crippen LogP contribution in [0, 0.1) is 13.8 Å². The van der Waals surface area contributed by atoms with Crippen LogP contribution >= 0.6 is 11.8 Å². The molecular formula is C15H18N2O3S2. The summed E-state index contributed by atoms with van der Waals surface area (Å²) >= 11 is 1.40. The molecule has 118 valence electrons. The zero-order chi connectivity index (χ0) is 16.1. The van der Waals surface area contributed by atoms with Crippen LogP contribution in [0.2, 0.25) is 0 Å². The minimum atomic E-state index is -3.02. The van der Waals surface area contributed by atoms with Crippen molar-refractivity contribution >= 4 is 38.4 Å². The largest absolute Gasteiger partial charge is 0.316 e. The Kier molecular flexibility index (Phi) is 3.81. The molecule has 2 atom stereocenters. The van der Waals surface area contributed by atoms with Crippen molar-refractivity contribution in [2.75, 3.05) is 16.4 Å². The van der Waals surface area contributed by atoms with E-state index in [1.54, 1.807) is 0 Å². The molecule has 0 saturated carbocycles. The first kappa shape index (κ1) is 15.6. The molecule has 3 rings (SSSR count). The SMILES string of the molecule is CC(=O)N=C1S[C@H]2CS(=O)(=O)C[C@@H]2N1c1ccc(C)c(C)c1. The van der Waals surface area contributed by atoms with Gasteiger partial charge in [-0.1, -0.05) is 17.8 Å². The molecule has 22 heavy (non-hydrogen) atoms. The molecule has 0 unspecified atom stereocenters. The van der Waals surface area contributed by atoms with Crippen LogP contribution in [0.4, 0.5) is 5.69 Å². The highest BCUT2D eigenvalue weighted by Crippen LogP contribution is 2.41. The summed E-state index contributed by atoms with van der Waals surface area (Å²) in [5, 5.41) is 0.561. The number of amides is 1. The van der Waals surface area contributed by atoms with E-state index in [-0.39, 0.29) is 28.7 Å². The zero-order valence-corrected chi connectivity index (χ0v) is 14.4.